The molecular formula is C18H17N5O5S. The lowest BCUT2D eigenvalue weighted by atomic mass is 10.2. The number of pyridine rings is 1. The summed E-state index contributed by atoms with van der Waals surface area (Å²) < 4.78 is 38.5. The summed E-state index contributed by atoms with van der Waals surface area (Å²) in [6, 6.07) is 7.51. The van der Waals surface area contributed by atoms with E-state index in [-0.39, 0.29) is 24.0 Å². The summed E-state index contributed by atoms with van der Waals surface area (Å²) in [4.78, 5) is 21.9. The monoisotopic (exact) mass is 415 g/mol. The third-order valence-electron chi connectivity index (χ3n) is 4.21. The Bertz CT molecular complexity index is 1150. The first-order valence-corrected chi connectivity index (χ1v) is 10.3. The van der Waals surface area contributed by atoms with Crippen molar-refractivity contribution < 1.29 is 22.5 Å². The fraction of sp³-hybridized carbons (Fsp3) is 0.222. The molecule has 1 aliphatic heterocycles. The van der Waals surface area contributed by atoms with Crippen LogP contribution in [0.5, 0.6) is 5.75 Å². The SMILES string of the molecule is CCc1nc(CN2C(=O)COc3ccc(S(=O)(=O)Nc4cccnc4)cc32)no1. The highest BCUT2D eigenvalue weighted by Gasteiger charge is 2.29. The van der Waals surface area contributed by atoms with Crippen LogP contribution in [-0.2, 0) is 27.8 Å². The van der Waals surface area contributed by atoms with Crippen LogP contribution in [0, 0.1) is 0 Å². The molecule has 1 aliphatic rings. The fourth-order valence-electron chi connectivity index (χ4n) is 2.80. The molecule has 1 N–H and O–H groups in total. The molecule has 4 rings (SSSR count). The number of carbonyl (C=O) groups is 1. The number of sulfonamides is 1. The van der Waals surface area contributed by atoms with Gasteiger partial charge in [0.1, 0.15) is 5.75 Å². The number of benzene rings is 1. The molecule has 0 saturated heterocycles. The predicted octanol–water partition coefficient (Wildman–Crippen LogP) is 1.75. The molecule has 3 aromatic rings. The van der Waals surface area contributed by atoms with Crippen LogP contribution in [0.1, 0.15) is 18.6 Å². The zero-order valence-electron chi connectivity index (χ0n) is 15.4. The molecule has 0 atom stereocenters. The van der Waals surface area contributed by atoms with Crippen molar-refractivity contribution in [2.24, 2.45) is 0 Å². The van der Waals surface area contributed by atoms with Gasteiger partial charge in [0.25, 0.3) is 15.9 Å². The minimum atomic E-state index is -3.89. The van der Waals surface area contributed by atoms with Crippen LogP contribution in [0.2, 0.25) is 0 Å². The normalized spacial score (nSPS) is 13.7. The number of rotatable bonds is 6. The van der Waals surface area contributed by atoms with Gasteiger partial charge in [-0.15, -0.1) is 0 Å². The van der Waals surface area contributed by atoms with Gasteiger partial charge in [0.15, 0.2) is 12.4 Å². The molecule has 0 saturated carbocycles. The van der Waals surface area contributed by atoms with E-state index in [2.05, 4.69) is 19.8 Å². The van der Waals surface area contributed by atoms with Crippen molar-refractivity contribution >= 4 is 27.3 Å². The number of nitrogens with zero attached hydrogens (tertiary/aromatic N) is 4. The Morgan fingerprint density at radius 3 is 2.86 bits per heavy atom. The van der Waals surface area contributed by atoms with E-state index >= 15 is 0 Å². The van der Waals surface area contributed by atoms with Crippen molar-refractivity contribution in [1.82, 2.24) is 15.1 Å². The van der Waals surface area contributed by atoms with Crippen molar-refractivity contribution in [3.63, 3.8) is 0 Å². The summed E-state index contributed by atoms with van der Waals surface area (Å²) in [6.07, 6.45) is 3.51. The van der Waals surface area contributed by atoms with E-state index in [9.17, 15) is 13.2 Å². The third-order valence-corrected chi connectivity index (χ3v) is 5.59. The van der Waals surface area contributed by atoms with Crippen LogP contribution in [0.3, 0.4) is 0 Å². The number of hydrogen-bond acceptors (Lipinski definition) is 8. The van der Waals surface area contributed by atoms with Gasteiger partial charge < -0.3 is 9.26 Å². The van der Waals surface area contributed by atoms with E-state index in [1.807, 2.05) is 6.92 Å². The maximum atomic E-state index is 12.8. The van der Waals surface area contributed by atoms with Gasteiger partial charge in [-0.05, 0) is 30.3 Å². The second-order valence-electron chi connectivity index (χ2n) is 6.20. The lowest BCUT2D eigenvalue weighted by Gasteiger charge is -2.28. The molecule has 3 heterocycles. The number of carbonyl (C=O) groups excluding carboxylic acids is 1. The van der Waals surface area contributed by atoms with Crippen molar-refractivity contribution in [3.8, 4) is 5.75 Å². The molecule has 2 aromatic heterocycles. The predicted molar refractivity (Wildman–Crippen MR) is 102 cm³/mol. The number of nitrogens with one attached hydrogen (secondary N) is 1. The molecule has 0 aliphatic carbocycles. The number of fused-ring (bicyclic) bond motifs is 1. The van der Waals surface area contributed by atoms with E-state index in [0.29, 0.717) is 35.3 Å². The van der Waals surface area contributed by atoms with Gasteiger partial charge in [-0.25, -0.2) is 8.42 Å². The zero-order chi connectivity index (χ0) is 20.4. The van der Waals surface area contributed by atoms with Crippen LogP contribution >= 0.6 is 0 Å². The Morgan fingerprint density at radius 2 is 2.14 bits per heavy atom. The van der Waals surface area contributed by atoms with Gasteiger partial charge in [-0.2, -0.15) is 4.98 Å². The van der Waals surface area contributed by atoms with E-state index < -0.39 is 10.0 Å². The molecule has 1 aromatic carbocycles. The zero-order valence-corrected chi connectivity index (χ0v) is 16.2. The minimum absolute atomic E-state index is 0.0224. The summed E-state index contributed by atoms with van der Waals surface area (Å²) in [6.45, 7) is 1.75. The Balaban J connectivity index is 1.66. The molecule has 1 amide bonds. The van der Waals surface area contributed by atoms with Gasteiger partial charge in [0.2, 0.25) is 5.89 Å². The number of aromatic nitrogens is 3. The van der Waals surface area contributed by atoms with Gasteiger partial charge in [-0.1, -0.05) is 12.1 Å². The van der Waals surface area contributed by atoms with Gasteiger partial charge >= 0.3 is 0 Å². The highest BCUT2D eigenvalue weighted by atomic mass is 32.2. The van der Waals surface area contributed by atoms with Crippen molar-refractivity contribution in [2.45, 2.75) is 24.8 Å². The molecule has 29 heavy (non-hydrogen) atoms. The second-order valence-corrected chi connectivity index (χ2v) is 7.89. The molecule has 11 heteroatoms. The summed E-state index contributed by atoms with van der Waals surface area (Å²) in [5.74, 6) is 0.835. The van der Waals surface area contributed by atoms with Crippen molar-refractivity contribution in [2.75, 3.05) is 16.2 Å². The van der Waals surface area contributed by atoms with E-state index in [4.69, 9.17) is 9.26 Å². The molecule has 10 nitrogen and oxygen atoms in total. The average Bonchev–Trinajstić information content (AvgIpc) is 3.18. The summed E-state index contributed by atoms with van der Waals surface area (Å²) in [5, 5.41) is 3.86. The number of anilines is 2. The van der Waals surface area contributed by atoms with Gasteiger partial charge in [-0.3, -0.25) is 19.4 Å². The molecular weight excluding hydrogens is 398 g/mol. The van der Waals surface area contributed by atoms with Crippen molar-refractivity contribution in [1.29, 1.82) is 0 Å². The quantitative estimate of drug-likeness (QED) is 0.645. The molecule has 0 fully saturated rings. The fourth-order valence-corrected chi connectivity index (χ4v) is 3.86. The Labute approximate surface area is 166 Å². The molecule has 0 unspecified atom stereocenters. The molecule has 150 valence electrons. The van der Waals surface area contributed by atoms with Crippen molar-refractivity contribution in [3.05, 3.63) is 54.4 Å². The summed E-state index contributed by atoms with van der Waals surface area (Å²) >= 11 is 0. The first kappa shape index (κ1) is 18.9. The van der Waals surface area contributed by atoms with Crippen LogP contribution in [-0.4, -0.2) is 36.1 Å². The second kappa shape index (κ2) is 7.51. The number of aryl methyl sites for hydroxylation is 1. The van der Waals surface area contributed by atoms with Crippen LogP contribution in [0.4, 0.5) is 11.4 Å². The van der Waals surface area contributed by atoms with E-state index in [1.165, 1.54) is 29.3 Å². The first-order chi connectivity index (χ1) is 14.0. The van der Waals surface area contributed by atoms with Crippen LogP contribution < -0.4 is 14.4 Å². The minimum Gasteiger partial charge on any atom is -0.482 e. The highest BCUT2D eigenvalue weighted by Crippen LogP contribution is 2.35. The Morgan fingerprint density at radius 1 is 1.28 bits per heavy atom. The number of amides is 1. The lowest BCUT2D eigenvalue weighted by Crippen LogP contribution is -2.38. The van der Waals surface area contributed by atoms with Gasteiger partial charge in [0.05, 0.1) is 29.0 Å². The average molecular weight is 415 g/mol. The maximum Gasteiger partial charge on any atom is 0.265 e. The maximum absolute atomic E-state index is 12.8. The topological polar surface area (TPSA) is 128 Å². The summed E-state index contributed by atoms with van der Waals surface area (Å²) in [7, 11) is -3.89. The molecule has 0 bridgehead atoms. The number of ether oxygens (including phenoxy) is 1. The molecule has 0 radical (unpaired) electrons. The molecule has 0 spiro atoms. The smallest absolute Gasteiger partial charge is 0.265 e. The Kier molecular flexibility index (Phi) is 4.89. The Hall–Kier alpha value is -3.47. The van der Waals surface area contributed by atoms with E-state index in [1.54, 1.807) is 18.3 Å². The van der Waals surface area contributed by atoms with E-state index in [0.717, 1.165) is 0 Å². The standard InChI is InChI=1S/C18H17N5O5S/c1-2-17-20-16(21-28-17)10-23-14-8-13(5-6-15(14)27-11-18(23)24)29(25,26)22-12-4-3-7-19-9-12/h3-9,22H,2,10-11H2,1H3. The lowest BCUT2D eigenvalue weighted by molar-refractivity contribution is -0.121. The largest absolute Gasteiger partial charge is 0.482 e. The van der Waals surface area contributed by atoms with Crippen LogP contribution in [0.25, 0.3) is 0 Å². The highest BCUT2D eigenvalue weighted by molar-refractivity contribution is 7.92. The van der Waals surface area contributed by atoms with Crippen LogP contribution in [0.15, 0.2) is 52.1 Å². The third kappa shape index (κ3) is 3.90. The van der Waals surface area contributed by atoms with Gasteiger partial charge in [0, 0.05) is 12.6 Å². The number of hydrogen-bond donors (Lipinski definition) is 1. The summed E-state index contributed by atoms with van der Waals surface area (Å²) in [5.41, 5.74) is 0.645. The first-order valence-electron chi connectivity index (χ1n) is 8.78.